The first-order valence-electron chi connectivity index (χ1n) is 41.8. The van der Waals surface area contributed by atoms with Crippen molar-refractivity contribution in [3.63, 3.8) is 0 Å². The second-order valence-corrected chi connectivity index (χ2v) is 28.8. The Kier molecular flexibility index (Phi) is 78.8. The molecule has 538 valence electrons. The second kappa shape index (κ2) is 80.5. The molecule has 0 saturated heterocycles. The molecule has 0 rings (SSSR count). The molecule has 1 amide bonds. The van der Waals surface area contributed by atoms with E-state index in [4.69, 9.17) is 4.74 Å². The first kappa shape index (κ1) is 89.1. The van der Waals surface area contributed by atoms with Crippen LogP contribution in [0.25, 0.3) is 0 Å². The summed E-state index contributed by atoms with van der Waals surface area (Å²) in [5, 5.41) is 23.3. The Labute approximate surface area is 570 Å². The van der Waals surface area contributed by atoms with Crippen LogP contribution >= 0.6 is 0 Å². The average molecular weight is 1280 g/mol. The van der Waals surface area contributed by atoms with Crippen LogP contribution in [-0.2, 0) is 14.3 Å². The number of carbonyl (C=O) groups is 2. The molecule has 0 aromatic heterocycles. The van der Waals surface area contributed by atoms with Crippen molar-refractivity contribution in [1.29, 1.82) is 0 Å². The Bertz CT molecular complexity index is 1470. The van der Waals surface area contributed by atoms with Gasteiger partial charge in [-0.05, 0) is 83.5 Å². The lowest BCUT2D eigenvalue weighted by Crippen LogP contribution is -2.45. The quantitative estimate of drug-likeness (QED) is 0.0320. The lowest BCUT2D eigenvalue weighted by molar-refractivity contribution is -0.143. The van der Waals surface area contributed by atoms with Crippen molar-refractivity contribution in [3.8, 4) is 0 Å². The maximum Gasteiger partial charge on any atom is 0.305 e. The molecule has 6 nitrogen and oxygen atoms in total. The molecule has 0 radical (unpaired) electrons. The van der Waals surface area contributed by atoms with Gasteiger partial charge in [0.2, 0.25) is 5.91 Å². The monoisotopic (exact) mass is 1280 g/mol. The highest BCUT2D eigenvalue weighted by molar-refractivity contribution is 5.76. The number of rotatable bonds is 79. The fourth-order valence-electron chi connectivity index (χ4n) is 13.3. The van der Waals surface area contributed by atoms with Crippen molar-refractivity contribution in [2.75, 3.05) is 13.2 Å². The van der Waals surface area contributed by atoms with Gasteiger partial charge < -0.3 is 20.3 Å². The van der Waals surface area contributed by atoms with Crippen LogP contribution < -0.4 is 5.32 Å². The Balaban J connectivity index is 3.33. The number of hydrogen-bond acceptors (Lipinski definition) is 5. The zero-order valence-electron chi connectivity index (χ0n) is 61.9. The minimum atomic E-state index is -0.842. The van der Waals surface area contributed by atoms with Crippen molar-refractivity contribution < 1.29 is 24.5 Å². The predicted molar refractivity (Wildman–Crippen MR) is 403 cm³/mol. The molecule has 0 saturated carbocycles. The van der Waals surface area contributed by atoms with Gasteiger partial charge in [0.15, 0.2) is 0 Å². The van der Waals surface area contributed by atoms with Gasteiger partial charge in [-0.25, -0.2) is 0 Å². The van der Waals surface area contributed by atoms with Gasteiger partial charge in [0, 0.05) is 12.8 Å². The predicted octanol–water partition coefficient (Wildman–Crippen LogP) is 27.8. The van der Waals surface area contributed by atoms with Crippen LogP contribution in [0.5, 0.6) is 0 Å². The molecule has 0 aliphatic rings. The van der Waals surface area contributed by atoms with Crippen LogP contribution in [0, 0.1) is 0 Å². The number of aliphatic hydroxyl groups is 2. The number of aliphatic hydroxyl groups excluding tert-OH is 2. The highest BCUT2D eigenvalue weighted by atomic mass is 16.5. The summed E-state index contributed by atoms with van der Waals surface area (Å²) >= 11 is 0. The Morgan fingerprint density at radius 3 is 0.780 bits per heavy atom. The number of ether oxygens (including phenoxy) is 1. The summed E-state index contributed by atoms with van der Waals surface area (Å²) < 4.78 is 5.52. The molecule has 0 aliphatic carbocycles. The molecular formula is C85H163NO5. The summed E-state index contributed by atoms with van der Waals surface area (Å²) in [5.41, 5.74) is 0. The van der Waals surface area contributed by atoms with Crippen LogP contribution in [0.2, 0.25) is 0 Å². The summed E-state index contributed by atoms with van der Waals surface area (Å²) in [5.74, 6) is -0.0383. The van der Waals surface area contributed by atoms with Crippen LogP contribution in [0.3, 0.4) is 0 Å². The van der Waals surface area contributed by atoms with Gasteiger partial charge >= 0.3 is 5.97 Å². The largest absolute Gasteiger partial charge is 0.466 e. The van der Waals surface area contributed by atoms with Crippen molar-refractivity contribution in [2.24, 2.45) is 0 Å². The number of allylic oxidation sites excluding steroid dienone is 5. The van der Waals surface area contributed by atoms with Crippen LogP contribution in [0.4, 0.5) is 0 Å². The topological polar surface area (TPSA) is 95.9 Å². The van der Waals surface area contributed by atoms with Crippen molar-refractivity contribution in [1.82, 2.24) is 5.32 Å². The van der Waals surface area contributed by atoms with Gasteiger partial charge in [0.05, 0.1) is 25.4 Å². The molecule has 0 aromatic rings. The van der Waals surface area contributed by atoms with Crippen LogP contribution in [-0.4, -0.2) is 47.4 Å². The Hall–Kier alpha value is -1.92. The summed E-state index contributed by atoms with van der Waals surface area (Å²) in [6, 6.07) is -0.625. The molecule has 6 heteroatoms. The minimum Gasteiger partial charge on any atom is -0.466 e. The average Bonchev–Trinajstić information content (AvgIpc) is 3.65. The molecule has 3 N–H and O–H groups in total. The third-order valence-electron chi connectivity index (χ3n) is 19.6. The minimum absolute atomic E-state index is 0.0217. The van der Waals surface area contributed by atoms with Crippen LogP contribution in [0.1, 0.15) is 470 Å². The third-order valence-corrected chi connectivity index (χ3v) is 19.6. The number of unbranched alkanes of at least 4 members (excludes halogenated alkanes) is 64. The number of esters is 1. The van der Waals surface area contributed by atoms with Gasteiger partial charge in [0.1, 0.15) is 0 Å². The number of amides is 1. The third kappa shape index (κ3) is 77.0. The molecule has 0 aliphatic heterocycles. The van der Waals surface area contributed by atoms with E-state index in [0.717, 1.165) is 38.5 Å². The standard InChI is InChI=1S/C85H163NO5/c1-3-5-7-9-11-13-15-17-19-21-42-47-51-55-59-63-67-71-75-79-85(90)91-80-76-72-68-64-60-56-52-48-44-41-39-37-35-33-31-29-27-25-23-24-26-28-30-32-34-36-38-40-43-46-50-54-58-62-66-70-74-78-84(89)86-82(81-87)83(88)77-73-69-65-61-57-53-49-45-22-20-18-16-14-12-10-8-6-4-2/h17,19,23,25,73,77,82-83,87-88H,3-16,18,20-22,24,26-72,74-76,78-81H2,1-2H3,(H,86,89)/b19-17-,25-23-,77-73+. The van der Waals surface area contributed by atoms with Crippen molar-refractivity contribution >= 4 is 11.9 Å². The molecule has 91 heavy (non-hydrogen) atoms. The van der Waals surface area contributed by atoms with Crippen LogP contribution in [0.15, 0.2) is 36.5 Å². The van der Waals surface area contributed by atoms with Gasteiger partial charge in [-0.15, -0.1) is 0 Å². The summed E-state index contributed by atoms with van der Waals surface area (Å²) in [4.78, 5) is 24.7. The van der Waals surface area contributed by atoms with E-state index >= 15 is 0 Å². The summed E-state index contributed by atoms with van der Waals surface area (Å²) in [7, 11) is 0. The molecule has 0 fully saturated rings. The van der Waals surface area contributed by atoms with E-state index in [1.54, 1.807) is 6.08 Å². The molecule has 0 heterocycles. The highest BCUT2D eigenvalue weighted by Crippen LogP contribution is 2.20. The Morgan fingerprint density at radius 1 is 0.297 bits per heavy atom. The highest BCUT2D eigenvalue weighted by Gasteiger charge is 2.18. The van der Waals surface area contributed by atoms with E-state index in [0.29, 0.717) is 19.4 Å². The molecule has 0 spiro atoms. The van der Waals surface area contributed by atoms with Gasteiger partial charge in [-0.3, -0.25) is 9.59 Å². The first-order chi connectivity index (χ1) is 45.0. The van der Waals surface area contributed by atoms with E-state index < -0.39 is 12.1 Å². The van der Waals surface area contributed by atoms with E-state index in [-0.39, 0.29) is 18.5 Å². The lowest BCUT2D eigenvalue weighted by atomic mass is 10.0. The second-order valence-electron chi connectivity index (χ2n) is 28.8. The fraction of sp³-hybridized carbons (Fsp3) is 0.906. The Morgan fingerprint density at radius 2 is 0.516 bits per heavy atom. The van der Waals surface area contributed by atoms with Gasteiger partial charge in [-0.1, -0.05) is 410 Å². The van der Waals surface area contributed by atoms with Gasteiger partial charge in [0.25, 0.3) is 0 Å². The van der Waals surface area contributed by atoms with Crippen molar-refractivity contribution in [2.45, 2.75) is 482 Å². The smallest absolute Gasteiger partial charge is 0.305 e. The molecule has 2 unspecified atom stereocenters. The number of carbonyl (C=O) groups excluding carboxylic acids is 2. The molecular weight excluding hydrogens is 1110 g/mol. The van der Waals surface area contributed by atoms with Gasteiger partial charge in [-0.2, -0.15) is 0 Å². The first-order valence-corrected chi connectivity index (χ1v) is 41.8. The zero-order valence-corrected chi connectivity index (χ0v) is 61.9. The fourth-order valence-corrected chi connectivity index (χ4v) is 13.3. The van der Waals surface area contributed by atoms with E-state index in [9.17, 15) is 19.8 Å². The van der Waals surface area contributed by atoms with Crippen molar-refractivity contribution in [3.05, 3.63) is 36.5 Å². The molecule has 2 atom stereocenters. The number of nitrogens with one attached hydrogen (secondary N) is 1. The zero-order chi connectivity index (χ0) is 65.6. The maximum absolute atomic E-state index is 12.5. The van der Waals surface area contributed by atoms with E-state index in [1.807, 2.05) is 6.08 Å². The van der Waals surface area contributed by atoms with E-state index in [1.165, 1.54) is 405 Å². The lowest BCUT2D eigenvalue weighted by Gasteiger charge is -2.20. The normalized spacial score (nSPS) is 12.6. The molecule has 0 bridgehead atoms. The summed E-state index contributed by atoms with van der Waals surface area (Å²) in [6.07, 6.45) is 106. The number of hydrogen-bond donors (Lipinski definition) is 3. The molecule has 0 aromatic carbocycles. The summed E-state index contributed by atoms with van der Waals surface area (Å²) in [6.45, 7) is 4.95. The van der Waals surface area contributed by atoms with E-state index in [2.05, 4.69) is 43.5 Å². The maximum atomic E-state index is 12.5. The SMILES string of the molecule is CCCCCCCC/C=C\CCCCCCCCCCCC(=O)OCCCCCCCCCCCCCCCCCC/C=C\CCCCCCCCCCCCCCCCCCCC(=O)NC(CO)C(O)/C=C/CCCCCCCCCCCCCCCCCC.